The summed E-state index contributed by atoms with van der Waals surface area (Å²) in [6.07, 6.45) is 5.69. The number of aliphatic carboxylic acids is 1. The lowest BCUT2D eigenvalue weighted by Crippen LogP contribution is -2.55. The van der Waals surface area contributed by atoms with E-state index in [1.54, 1.807) is 11.8 Å². The van der Waals surface area contributed by atoms with Crippen LogP contribution in [0.25, 0.3) is 0 Å². The lowest BCUT2D eigenvalue weighted by Gasteiger charge is -2.34. The molecular formula is C16H21NO3S. The van der Waals surface area contributed by atoms with Crippen molar-refractivity contribution in [3.63, 3.8) is 0 Å². The summed E-state index contributed by atoms with van der Waals surface area (Å²) in [5, 5.41) is 12.3. The zero-order valence-corrected chi connectivity index (χ0v) is 13.3. The maximum atomic E-state index is 12.5. The van der Waals surface area contributed by atoms with Gasteiger partial charge >= 0.3 is 5.97 Å². The van der Waals surface area contributed by atoms with Crippen molar-refractivity contribution >= 4 is 23.6 Å². The van der Waals surface area contributed by atoms with E-state index in [-0.39, 0.29) is 5.91 Å². The lowest BCUT2D eigenvalue weighted by molar-refractivity contribution is -0.145. The molecule has 1 saturated carbocycles. The number of hydrogen-bond donors (Lipinski definition) is 2. The molecular weight excluding hydrogens is 286 g/mol. The first-order valence-electron chi connectivity index (χ1n) is 7.19. The van der Waals surface area contributed by atoms with E-state index in [0.717, 1.165) is 29.7 Å². The van der Waals surface area contributed by atoms with E-state index in [1.807, 2.05) is 31.4 Å². The highest BCUT2D eigenvalue weighted by atomic mass is 32.2. The van der Waals surface area contributed by atoms with Crippen LogP contribution >= 0.6 is 11.8 Å². The van der Waals surface area contributed by atoms with E-state index >= 15 is 0 Å². The number of hydrogen-bond acceptors (Lipinski definition) is 3. The fraction of sp³-hybridized carbons (Fsp3) is 0.500. The highest BCUT2D eigenvalue weighted by Crippen LogP contribution is 2.29. The Balaban J connectivity index is 2.25. The summed E-state index contributed by atoms with van der Waals surface area (Å²) in [7, 11) is 0. The Hall–Kier alpha value is -1.49. The number of thioether (sulfide) groups is 1. The highest BCUT2D eigenvalue weighted by molar-refractivity contribution is 7.98. The fourth-order valence-corrected chi connectivity index (χ4v) is 3.24. The fourth-order valence-electron chi connectivity index (χ4n) is 2.81. The van der Waals surface area contributed by atoms with Crippen LogP contribution in [0.1, 0.15) is 48.0 Å². The van der Waals surface area contributed by atoms with Gasteiger partial charge in [-0.1, -0.05) is 25.3 Å². The summed E-state index contributed by atoms with van der Waals surface area (Å²) < 4.78 is 0. The molecule has 0 aromatic heterocycles. The Morgan fingerprint density at radius 2 is 1.90 bits per heavy atom. The van der Waals surface area contributed by atoms with E-state index < -0.39 is 11.5 Å². The Morgan fingerprint density at radius 1 is 1.24 bits per heavy atom. The molecule has 2 N–H and O–H groups in total. The number of carboxylic acid groups (broad SMARTS) is 1. The van der Waals surface area contributed by atoms with E-state index in [1.165, 1.54) is 0 Å². The molecule has 0 bridgehead atoms. The number of aryl methyl sites for hydroxylation is 1. The van der Waals surface area contributed by atoms with Crippen LogP contribution in [0.5, 0.6) is 0 Å². The van der Waals surface area contributed by atoms with Crippen molar-refractivity contribution < 1.29 is 14.7 Å². The van der Waals surface area contributed by atoms with Gasteiger partial charge in [0.1, 0.15) is 5.54 Å². The van der Waals surface area contributed by atoms with E-state index in [2.05, 4.69) is 5.32 Å². The minimum atomic E-state index is -1.10. The van der Waals surface area contributed by atoms with Crippen LogP contribution < -0.4 is 5.32 Å². The Kier molecular flexibility index (Phi) is 4.93. The monoisotopic (exact) mass is 307 g/mol. The van der Waals surface area contributed by atoms with Gasteiger partial charge in [0.15, 0.2) is 0 Å². The Morgan fingerprint density at radius 3 is 2.48 bits per heavy atom. The van der Waals surface area contributed by atoms with Gasteiger partial charge in [-0.3, -0.25) is 4.79 Å². The quantitative estimate of drug-likeness (QED) is 0.838. The third kappa shape index (κ3) is 3.40. The summed E-state index contributed by atoms with van der Waals surface area (Å²) in [5.74, 6) is -1.21. The number of amides is 1. The van der Waals surface area contributed by atoms with Gasteiger partial charge in [-0.25, -0.2) is 4.79 Å². The van der Waals surface area contributed by atoms with Crippen molar-refractivity contribution in [2.75, 3.05) is 6.26 Å². The second-order valence-corrected chi connectivity index (χ2v) is 6.46. The lowest BCUT2D eigenvalue weighted by atomic mass is 9.81. The van der Waals surface area contributed by atoms with Crippen molar-refractivity contribution in [3.05, 3.63) is 29.3 Å². The second-order valence-electron chi connectivity index (χ2n) is 5.58. The molecule has 1 amide bonds. The number of carbonyl (C=O) groups is 2. The predicted octanol–water partition coefficient (Wildman–Crippen LogP) is 3.23. The number of carboxylic acids is 1. The van der Waals surface area contributed by atoms with E-state index in [4.69, 9.17) is 0 Å². The standard InChI is InChI=1S/C16H21NO3S/c1-11-6-7-12(21-2)10-13(11)14(18)17-16(15(19)20)8-4-3-5-9-16/h6-7,10H,3-5,8-9H2,1-2H3,(H,17,18)(H,19,20). The maximum absolute atomic E-state index is 12.5. The molecule has 0 atom stereocenters. The third-order valence-corrected chi connectivity index (χ3v) is 4.88. The van der Waals surface area contributed by atoms with Crippen LogP contribution in [0.2, 0.25) is 0 Å². The number of benzene rings is 1. The Bertz CT molecular complexity index is 550. The zero-order valence-electron chi connectivity index (χ0n) is 12.4. The molecule has 2 rings (SSSR count). The zero-order chi connectivity index (χ0) is 15.5. The van der Waals surface area contributed by atoms with Crippen LogP contribution in [0.3, 0.4) is 0 Å². The van der Waals surface area contributed by atoms with Crippen LogP contribution in [-0.2, 0) is 4.79 Å². The highest BCUT2D eigenvalue weighted by Gasteiger charge is 2.41. The summed E-state index contributed by atoms with van der Waals surface area (Å²) in [6.45, 7) is 1.87. The topological polar surface area (TPSA) is 66.4 Å². The number of carbonyl (C=O) groups excluding carboxylic acids is 1. The second kappa shape index (κ2) is 6.52. The molecule has 0 spiro atoms. The van der Waals surface area contributed by atoms with Crippen LogP contribution in [0, 0.1) is 6.92 Å². The molecule has 0 unspecified atom stereocenters. The van der Waals surface area contributed by atoms with Crippen molar-refractivity contribution in [1.29, 1.82) is 0 Å². The first-order valence-corrected chi connectivity index (χ1v) is 8.41. The van der Waals surface area contributed by atoms with Gasteiger partial charge in [0.05, 0.1) is 0 Å². The van der Waals surface area contributed by atoms with E-state index in [9.17, 15) is 14.7 Å². The minimum Gasteiger partial charge on any atom is -0.480 e. The summed E-state index contributed by atoms with van der Waals surface area (Å²) in [6, 6.07) is 5.69. The molecule has 1 aromatic rings. The normalized spacial score (nSPS) is 17.2. The van der Waals surface area contributed by atoms with Crippen molar-refractivity contribution in [3.8, 4) is 0 Å². The maximum Gasteiger partial charge on any atom is 0.329 e. The summed E-state index contributed by atoms with van der Waals surface area (Å²) >= 11 is 1.56. The van der Waals surface area contributed by atoms with Gasteiger partial charge < -0.3 is 10.4 Å². The van der Waals surface area contributed by atoms with Gasteiger partial charge in [-0.05, 0) is 43.7 Å². The number of rotatable bonds is 4. The van der Waals surface area contributed by atoms with Gasteiger partial charge in [0.2, 0.25) is 0 Å². The molecule has 0 radical (unpaired) electrons. The Labute approximate surface area is 129 Å². The first kappa shape index (κ1) is 15.9. The molecule has 0 aliphatic heterocycles. The average Bonchev–Trinajstić information content (AvgIpc) is 2.48. The number of nitrogens with one attached hydrogen (secondary N) is 1. The minimum absolute atomic E-state index is 0.285. The molecule has 1 fully saturated rings. The third-order valence-electron chi connectivity index (χ3n) is 4.16. The van der Waals surface area contributed by atoms with Crippen LogP contribution in [-0.4, -0.2) is 28.8 Å². The van der Waals surface area contributed by atoms with Gasteiger partial charge in [-0.15, -0.1) is 11.8 Å². The average molecular weight is 307 g/mol. The molecule has 4 nitrogen and oxygen atoms in total. The molecule has 21 heavy (non-hydrogen) atoms. The molecule has 1 aromatic carbocycles. The van der Waals surface area contributed by atoms with Crippen molar-refractivity contribution in [2.24, 2.45) is 0 Å². The summed E-state index contributed by atoms with van der Waals surface area (Å²) in [5.41, 5.74) is 0.326. The first-order chi connectivity index (χ1) is 9.98. The molecule has 5 heteroatoms. The molecule has 0 heterocycles. The van der Waals surface area contributed by atoms with Gasteiger partial charge in [0.25, 0.3) is 5.91 Å². The summed E-state index contributed by atoms with van der Waals surface area (Å²) in [4.78, 5) is 25.2. The smallest absolute Gasteiger partial charge is 0.329 e. The SMILES string of the molecule is CSc1ccc(C)c(C(=O)NC2(C(=O)O)CCCCC2)c1. The van der Waals surface area contributed by atoms with Gasteiger partial charge in [-0.2, -0.15) is 0 Å². The van der Waals surface area contributed by atoms with E-state index in [0.29, 0.717) is 18.4 Å². The van der Waals surface area contributed by atoms with Crippen molar-refractivity contribution in [2.45, 2.75) is 49.5 Å². The molecule has 114 valence electrons. The molecule has 0 saturated heterocycles. The van der Waals surface area contributed by atoms with Crippen LogP contribution in [0.15, 0.2) is 23.1 Å². The molecule has 1 aliphatic carbocycles. The largest absolute Gasteiger partial charge is 0.480 e. The predicted molar refractivity (Wildman–Crippen MR) is 83.9 cm³/mol. The van der Waals surface area contributed by atoms with Crippen LogP contribution in [0.4, 0.5) is 0 Å². The molecule has 1 aliphatic rings. The van der Waals surface area contributed by atoms with Crippen molar-refractivity contribution in [1.82, 2.24) is 5.32 Å². The van der Waals surface area contributed by atoms with Gasteiger partial charge in [0, 0.05) is 10.5 Å².